The second kappa shape index (κ2) is 3.18. The minimum Gasteiger partial charge on any atom is -0.286 e. The fraction of sp³-hybridized carbons (Fsp3) is 0.300. The van der Waals surface area contributed by atoms with E-state index in [4.69, 9.17) is 5.21 Å². The Hall–Kier alpha value is -1.35. The highest BCUT2D eigenvalue weighted by molar-refractivity contribution is 5.78. The Balaban J connectivity index is 2.17. The third-order valence-electron chi connectivity index (χ3n) is 2.37. The number of nitrogens with zero attached hydrogens (tertiary/aromatic N) is 1. The second-order valence-corrected chi connectivity index (χ2v) is 3.29. The van der Waals surface area contributed by atoms with Crippen LogP contribution in [0.4, 0.5) is 0 Å². The summed E-state index contributed by atoms with van der Waals surface area (Å²) in [5.41, 5.74) is 1.12. The summed E-state index contributed by atoms with van der Waals surface area (Å²) < 4.78 is 0. The van der Waals surface area contributed by atoms with E-state index in [-0.39, 0.29) is 11.8 Å². The van der Waals surface area contributed by atoms with Gasteiger partial charge in [0.15, 0.2) is 0 Å². The summed E-state index contributed by atoms with van der Waals surface area (Å²) in [4.78, 5) is 11.0. The van der Waals surface area contributed by atoms with Gasteiger partial charge in [0.1, 0.15) is 0 Å². The van der Waals surface area contributed by atoms with Crippen molar-refractivity contribution >= 4 is 5.91 Å². The Morgan fingerprint density at radius 2 is 2.00 bits per heavy atom. The van der Waals surface area contributed by atoms with Crippen LogP contribution in [0.2, 0.25) is 0 Å². The summed E-state index contributed by atoms with van der Waals surface area (Å²) in [5.74, 6) is -0.0347. The Morgan fingerprint density at radius 1 is 1.31 bits per heavy atom. The van der Waals surface area contributed by atoms with Crippen molar-refractivity contribution in [2.45, 2.75) is 12.3 Å². The SMILES string of the molecule is O=C1C[C@@H](c2ccccc2)CN1O. The molecule has 1 aromatic rings. The van der Waals surface area contributed by atoms with Crippen molar-refractivity contribution in [2.24, 2.45) is 0 Å². The zero-order chi connectivity index (χ0) is 9.26. The Kier molecular flexibility index (Phi) is 2.02. The molecule has 0 aromatic heterocycles. The molecule has 13 heavy (non-hydrogen) atoms. The molecule has 0 unspecified atom stereocenters. The van der Waals surface area contributed by atoms with Crippen LogP contribution in [0.15, 0.2) is 30.3 Å². The molecule has 68 valence electrons. The molecule has 3 nitrogen and oxygen atoms in total. The fourth-order valence-electron chi connectivity index (χ4n) is 1.64. The van der Waals surface area contributed by atoms with E-state index in [1.54, 1.807) is 0 Å². The van der Waals surface area contributed by atoms with E-state index in [2.05, 4.69) is 0 Å². The predicted octanol–water partition coefficient (Wildman–Crippen LogP) is 1.39. The molecule has 0 radical (unpaired) electrons. The van der Waals surface area contributed by atoms with E-state index in [0.29, 0.717) is 13.0 Å². The molecular weight excluding hydrogens is 166 g/mol. The van der Waals surface area contributed by atoms with Crippen LogP contribution in [0, 0.1) is 0 Å². The highest BCUT2D eigenvalue weighted by Crippen LogP contribution is 2.26. The maximum absolute atomic E-state index is 11.0. The quantitative estimate of drug-likeness (QED) is 0.658. The summed E-state index contributed by atoms with van der Waals surface area (Å²) >= 11 is 0. The topological polar surface area (TPSA) is 40.5 Å². The lowest BCUT2D eigenvalue weighted by molar-refractivity contribution is -0.157. The van der Waals surface area contributed by atoms with Crippen LogP contribution in [0.1, 0.15) is 17.9 Å². The first-order valence-corrected chi connectivity index (χ1v) is 4.31. The van der Waals surface area contributed by atoms with E-state index in [1.165, 1.54) is 0 Å². The van der Waals surface area contributed by atoms with Crippen molar-refractivity contribution in [2.75, 3.05) is 6.54 Å². The van der Waals surface area contributed by atoms with Crippen LogP contribution in [0.25, 0.3) is 0 Å². The monoisotopic (exact) mass is 177 g/mol. The fourth-order valence-corrected chi connectivity index (χ4v) is 1.64. The molecule has 0 spiro atoms. The molecule has 0 aliphatic carbocycles. The van der Waals surface area contributed by atoms with Gasteiger partial charge >= 0.3 is 0 Å². The van der Waals surface area contributed by atoms with Crippen LogP contribution < -0.4 is 0 Å². The molecule has 1 aliphatic heterocycles. The lowest BCUT2D eigenvalue weighted by atomic mass is 9.99. The molecule has 3 heteroatoms. The number of amides is 1. The number of rotatable bonds is 1. The summed E-state index contributed by atoms with van der Waals surface area (Å²) in [6, 6.07) is 9.80. The smallest absolute Gasteiger partial charge is 0.246 e. The van der Waals surface area contributed by atoms with E-state index in [9.17, 15) is 4.79 Å². The van der Waals surface area contributed by atoms with Crippen molar-refractivity contribution in [3.05, 3.63) is 35.9 Å². The molecule has 1 amide bonds. The predicted molar refractivity (Wildman–Crippen MR) is 47.3 cm³/mol. The third-order valence-corrected chi connectivity index (χ3v) is 2.37. The minimum atomic E-state index is -0.186. The van der Waals surface area contributed by atoms with Crippen LogP contribution in [-0.4, -0.2) is 22.7 Å². The molecule has 0 bridgehead atoms. The van der Waals surface area contributed by atoms with Gasteiger partial charge in [0.25, 0.3) is 0 Å². The normalized spacial score (nSPS) is 22.4. The largest absolute Gasteiger partial charge is 0.286 e. The van der Waals surface area contributed by atoms with Gasteiger partial charge in [-0.15, -0.1) is 0 Å². The molecule has 1 fully saturated rings. The van der Waals surface area contributed by atoms with Gasteiger partial charge in [0.2, 0.25) is 5.91 Å². The highest BCUT2D eigenvalue weighted by atomic mass is 16.5. The van der Waals surface area contributed by atoms with Crippen molar-refractivity contribution in [1.29, 1.82) is 0 Å². The summed E-state index contributed by atoms with van der Waals surface area (Å²) in [6.07, 6.45) is 0.417. The van der Waals surface area contributed by atoms with Crippen LogP contribution in [0.5, 0.6) is 0 Å². The first-order valence-electron chi connectivity index (χ1n) is 4.31. The lowest BCUT2D eigenvalue weighted by Crippen LogP contribution is -2.19. The van der Waals surface area contributed by atoms with E-state index < -0.39 is 0 Å². The van der Waals surface area contributed by atoms with Gasteiger partial charge in [-0.1, -0.05) is 30.3 Å². The maximum Gasteiger partial charge on any atom is 0.246 e. The molecule has 1 saturated heterocycles. The number of benzene rings is 1. The highest BCUT2D eigenvalue weighted by Gasteiger charge is 2.29. The third kappa shape index (κ3) is 1.55. The van der Waals surface area contributed by atoms with Gasteiger partial charge in [-0.25, -0.2) is 5.06 Å². The number of carbonyl (C=O) groups is 1. The van der Waals surface area contributed by atoms with Gasteiger partial charge in [0.05, 0.1) is 6.54 Å². The summed E-state index contributed by atoms with van der Waals surface area (Å²) in [5, 5.41) is 9.92. The number of hydroxylamine groups is 2. The Morgan fingerprint density at radius 3 is 2.54 bits per heavy atom. The molecule has 0 saturated carbocycles. The van der Waals surface area contributed by atoms with Gasteiger partial charge < -0.3 is 0 Å². The van der Waals surface area contributed by atoms with Crippen molar-refractivity contribution < 1.29 is 10.0 Å². The molecule has 1 N–H and O–H groups in total. The van der Waals surface area contributed by atoms with E-state index in [0.717, 1.165) is 10.6 Å². The van der Waals surface area contributed by atoms with Crippen molar-refractivity contribution in [3.8, 4) is 0 Å². The second-order valence-electron chi connectivity index (χ2n) is 3.29. The van der Waals surface area contributed by atoms with Crippen LogP contribution >= 0.6 is 0 Å². The summed E-state index contributed by atoms with van der Waals surface area (Å²) in [7, 11) is 0. The van der Waals surface area contributed by atoms with E-state index >= 15 is 0 Å². The minimum absolute atomic E-state index is 0.152. The molecule has 1 heterocycles. The van der Waals surface area contributed by atoms with Gasteiger partial charge in [0, 0.05) is 12.3 Å². The van der Waals surface area contributed by atoms with Gasteiger partial charge in [-0.2, -0.15) is 0 Å². The molecule has 2 rings (SSSR count). The molecular formula is C10H11NO2. The summed E-state index contributed by atoms with van der Waals surface area (Å²) in [6.45, 7) is 0.419. The first-order chi connectivity index (χ1) is 6.27. The van der Waals surface area contributed by atoms with Gasteiger partial charge in [-0.05, 0) is 5.56 Å². The number of carbonyl (C=O) groups excluding carboxylic acids is 1. The zero-order valence-corrected chi connectivity index (χ0v) is 7.18. The maximum atomic E-state index is 11.0. The Bertz CT molecular complexity index is 310. The molecule has 1 aromatic carbocycles. The van der Waals surface area contributed by atoms with Crippen molar-refractivity contribution in [1.82, 2.24) is 5.06 Å². The number of hydrogen-bond acceptors (Lipinski definition) is 2. The molecule has 1 atom stereocenters. The van der Waals surface area contributed by atoms with Crippen LogP contribution in [0.3, 0.4) is 0 Å². The molecule has 1 aliphatic rings. The Labute approximate surface area is 76.6 Å². The average Bonchev–Trinajstić information content (AvgIpc) is 2.49. The number of hydrogen-bond donors (Lipinski definition) is 1. The van der Waals surface area contributed by atoms with E-state index in [1.807, 2.05) is 30.3 Å². The lowest BCUT2D eigenvalue weighted by Gasteiger charge is -2.08. The first kappa shape index (κ1) is 8.26. The standard InChI is InChI=1S/C10H11NO2/c12-10-6-9(7-11(10)13)8-4-2-1-3-5-8/h1-5,9,13H,6-7H2/t9-/m1/s1. The van der Waals surface area contributed by atoms with Crippen LogP contribution in [-0.2, 0) is 4.79 Å². The van der Waals surface area contributed by atoms with Gasteiger partial charge in [-0.3, -0.25) is 10.0 Å². The zero-order valence-electron chi connectivity index (χ0n) is 7.18. The van der Waals surface area contributed by atoms with Crippen molar-refractivity contribution in [3.63, 3.8) is 0 Å². The average molecular weight is 177 g/mol.